The lowest BCUT2D eigenvalue weighted by atomic mass is 10.2. The maximum atomic E-state index is 9.15. The molecule has 3 nitrogen and oxygen atoms in total. The van der Waals surface area contributed by atoms with Crippen LogP contribution in [-0.2, 0) is 6.54 Å². The van der Waals surface area contributed by atoms with E-state index < -0.39 is 0 Å². The first-order chi connectivity index (χ1) is 5.34. The summed E-state index contributed by atoms with van der Waals surface area (Å²) in [5.74, 6) is 0.265. The Hall–Kier alpha value is -0.990. The van der Waals surface area contributed by atoms with Crippen LogP contribution in [0.5, 0.6) is 5.88 Å². The third-order valence-corrected chi connectivity index (χ3v) is 1.67. The summed E-state index contributed by atoms with van der Waals surface area (Å²) in [6.07, 6.45) is 5.09. The first-order valence-electron chi connectivity index (χ1n) is 4.05. The van der Waals surface area contributed by atoms with E-state index >= 15 is 0 Å². The lowest BCUT2D eigenvalue weighted by Gasteiger charge is -2.00. The van der Waals surface area contributed by atoms with Gasteiger partial charge in [0.05, 0.1) is 6.20 Å². The fourth-order valence-electron chi connectivity index (χ4n) is 1.01. The van der Waals surface area contributed by atoms with Gasteiger partial charge in [0.1, 0.15) is 0 Å². The van der Waals surface area contributed by atoms with Gasteiger partial charge in [0.2, 0.25) is 5.88 Å². The Balaban J connectivity index is 2.32. The van der Waals surface area contributed by atoms with Crippen molar-refractivity contribution in [3.63, 3.8) is 0 Å². The van der Waals surface area contributed by atoms with Gasteiger partial charge in [-0.2, -0.15) is 5.10 Å². The molecule has 3 heteroatoms. The average Bonchev–Trinajstić information content (AvgIpc) is 2.37. The normalized spacial score (nSPS) is 10.3. The molecule has 0 unspecified atom stereocenters. The van der Waals surface area contributed by atoms with Gasteiger partial charge in [-0.05, 0) is 6.42 Å². The zero-order chi connectivity index (χ0) is 8.10. The molecule has 1 rings (SSSR count). The van der Waals surface area contributed by atoms with Crippen LogP contribution in [0.25, 0.3) is 0 Å². The molecule has 1 N–H and O–H groups in total. The van der Waals surface area contributed by atoms with Gasteiger partial charge in [-0.15, -0.1) is 0 Å². The zero-order valence-corrected chi connectivity index (χ0v) is 6.82. The minimum absolute atomic E-state index is 0.265. The van der Waals surface area contributed by atoms with Crippen LogP contribution in [-0.4, -0.2) is 14.9 Å². The Morgan fingerprint density at radius 1 is 1.55 bits per heavy atom. The van der Waals surface area contributed by atoms with Gasteiger partial charge in [0.25, 0.3) is 0 Å². The maximum absolute atomic E-state index is 9.15. The SMILES string of the molecule is CCCCCn1nccc1O. The maximum Gasteiger partial charge on any atom is 0.209 e. The van der Waals surface area contributed by atoms with Crippen LogP contribution in [0.1, 0.15) is 26.2 Å². The number of aromatic hydroxyl groups is 1. The molecule has 0 amide bonds. The highest BCUT2D eigenvalue weighted by atomic mass is 16.3. The molecule has 0 saturated heterocycles. The highest BCUT2D eigenvalue weighted by Crippen LogP contribution is 2.07. The fourth-order valence-corrected chi connectivity index (χ4v) is 1.01. The van der Waals surface area contributed by atoms with E-state index in [1.807, 2.05) is 0 Å². The molecule has 0 aliphatic heterocycles. The number of unbranched alkanes of at least 4 members (excludes halogenated alkanes) is 2. The van der Waals surface area contributed by atoms with Gasteiger partial charge < -0.3 is 5.11 Å². The van der Waals surface area contributed by atoms with E-state index in [4.69, 9.17) is 5.11 Å². The summed E-state index contributed by atoms with van der Waals surface area (Å²) in [7, 11) is 0. The molecule has 11 heavy (non-hydrogen) atoms. The van der Waals surface area contributed by atoms with E-state index in [1.54, 1.807) is 16.9 Å². The van der Waals surface area contributed by atoms with Gasteiger partial charge in [0.15, 0.2) is 0 Å². The van der Waals surface area contributed by atoms with Crippen molar-refractivity contribution >= 4 is 0 Å². The molecule has 0 bridgehead atoms. The number of nitrogens with zero attached hydrogens (tertiary/aromatic N) is 2. The summed E-state index contributed by atoms with van der Waals surface area (Å²) in [5.41, 5.74) is 0. The minimum atomic E-state index is 0.265. The van der Waals surface area contributed by atoms with Crippen molar-refractivity contribution in [2.75, 3.05) is 0 Å². The molecule has 0 saturated carbocycles. The molecule has 1 heterocycles. The molecule has 0 spiro atoms. The van der Waals surface area contributed by atoms with E-state index in [9.17, 15) is 0 Å². The van der Waals surface area contributed by atoms with Crippen LogP contribution in [0.4, 0.5) is 0 Å². The Morgan fingerprint density at radius 2 is 2.36 bits per heavy atom. The molecule has 0 aliphatic carbocycles. The molecular formula is C8H14N2O. The van der Waals surface area contributed by atoms with Gasteiger partial charge in [-0.25, -0.2) is 4.68 Å². The summed E-state index contributed by atoms with van der Waals surface area (Å²) in [5, 5.41) is 13.1. The highest BCUT2D eigenvalue weighted by molar-refractivity contribution is 5.04. The van der Waals surface area contributed by atoms with E-state index in [-0.39, 0.29) is 5.88 Å². The van der Waals surface area contributed by atoms with Crippen molar-refractivity contribution in [1.29, 1.82) is 0 Å². The molecule has 0 atom stereocenters. The summed E-state index contributed by atoms with van der Waals surface area (Å²) >= 11 is 0. The topological polar surface area (TPSA) is 38.0 Å². The standard InChI is InChI=1S/C8H14N2O/c1-2-3-4-7-10-8(11)5-6-9-10/h5-6,11H,2-4,7H2,1H3. The summed E-state index contributed by atoms with van der Waals surface area (Å²) < 4.78 is 1.62. The highest BCUT2D eigenvalue weighted by Gasteiger charge is 1.96. The molecule has 1 aromatic heterocycles. The second-order valence-electron chi connectivity index (χ2n) is 2.62. The molecule has 62 valence electrons. The van der Waals surface area contributed by atoms with Gasteiger partial charge in [-0.3, -0.25) is 0 Å². The van der Waals surface area contributed by atoms with Crippen LogP contribution in [0.3, 0.4) is 0 Å². The smallest absolute Gasteiger partial charge is 0.209 e. The first kappa shape index (κ1) is 8.11. The first-order valence-corrected chi connectivity index (χ1v) is 4.05. The molecule has 0 radical (unpaired) electrons. The van der Waals surface area contributed by atoms with Crippen molar-refractivity contribution in [2.24, 2.45) is 0 Å². The van der Waals surface area contributed by atoms with Gasteiger partial charge >= 0.3 is 0 Å². The molecule has 0 fully saturated rings. The predicted octanol–water partition coefficient (Wildman–Crippen LogP) is 1.78. The molecule has 0 aliphatic rings. The third-order valence-electron chi connectivity index (χ3n) is 1.67. The van der Waals surface area contributed by atoms with Crippen molar-refractivity contribution in [3.05, 3.63) is 12.3 Å². The van der Waals surface area contributed by atoms with E-state index in [0.717, 1.165) is 13.0 Å². The molecule has 1 aromatic rings. The Labute approximate surface area is 66.7 Å². The van der Waals surface area contributed by atoms with E-state index in [0.29, 0.717) is 0 Å². The second-order valence-corrected chi connectivity index (χ2v) is 2.62. The van der Waals surface area contributed by atoms with E-state index in [2.05, 4.69) is 12.0 Å². The van der Waals surface area contributed by atoms with E-state index in [1.165, 1.54) is 12.8 Å². The predicted molar refractivity (Wildman–Crippen MR) is 43.4 cm³/mol. The van der Waals surface area contributed by atoms with Crippen molar-refractivity contribution < 1.29 is 5.11 Å². The number of hydrogen-bond acceptors (Lipinski definition) is 2. The zero-order valence-electron chi connectivity index (χ0n) is 6.82. The number of aryl methyl sites for hydroxylation is 1. The van der Waals surface area contributed by atoms with Crippen molar-refractivity contribution in [3.8, 4) is 5.88 Å². The minimum Gasteiger partial charge on any atom is -0.493 e. The van der Waals surface area contributed by atoms with Gasteiger partial charge in [-0.1, -0.05) is 19.8 Å². The average molecular weight is 154 g/mol. The number of aromatic nitrogens is 2. The fraction of sp³-hybridized carbons (Fsp3) is 0.625. The van der Waals surface area contributed by atoms with Crippen molar-refractivity contribution in [2.45, 2.75) is 32.7 Å². The summed E-state index contributed by atoms with van der Waals surface area (Å²) in [6.45, 7) is 2.98. The van der Waals surface area contributed by atoms with Crippen molar-refractivity contribution in [1.82, 2.24) is 9.78 Å². The summed E-state index contributed by atoms with van der Waals surface area (Å²) in [4.78, 5) is 0. The van der Waals surface area contributed by atoms with Crippen LogP contribution in [0.15, 0.2) is 12.3 Å². The second kappa shape index (κ2) is 4.01. The Bertz CT molecular complexity index is 208. The van der Waals surface area contributed by atoms with Crippen LogP contribution >= 0.6 is 0 Å². The lowest BCUT2D eigenvalue weighted by Crippen LogP contribution is -1.98. The summed E-state index contributed by atoms with van der Waals surface area (Å²) in [6, 6.07) is 1.60. The third kappa shape index (κ3) is 2.26. The largest absolute Gasteiger partial charge is 0.493 e. The quantitative estimate of drug-likeness (QED) is 0.671. The Morgan fingerprint density at radius 3 is 2.91 bits per heavy atom. The molecule has 0 aromatic carbocycles. The van der Waals surface area contributed by atoms with Crippen LogP contribution < -0.4 is 0 Å². The van der Waals surface area contributed by atoms with Gasteiger partial charge in [0, 0.05) is 12.6 Å². The Kier molecular flexibility index (Phi) is 2.95. The molecular weight excluding hydrogens is 140 g/mol. The number of hydrogen-bond donors (Lipinski definition) is 1. The monoisotopic (exact) mass is 154 g/mol. The number of rotatable bonds is 4. The van der Waals surface area contributed by atoms with Crippen LogP contribution in [0.2, 0.25) is 0 Å². The lowest BCUT2D eigenvalue weighted by molar-refractivity contribution is 0.392. The van der Waals surface area contributed by atoms with Crippen LogP contribution in [0, 0.1) is 0 Å².